The predicted molar refractivity (Wildman–Crippen MR) is 85.0 cm³/mol. The Bertz CT molecular complexity index is 573. The molecule has 0 radical (unpaired) electrons. The highest BCUT2D eigenvalue weighted by Crippen LogP contribution is 2.23. The van der Waals surface area contributed by atoms with E-state index in [-0.39, 0.29) is 10.8 Å². The molecule has 2 unspecified atom stereocenters. The molecule has 20 heavy (non-hydrogen) atoms. The van der Waals surface area contributed by atoms with Crippen molar-refractivity contribution in [2.45, 2.75) is 44.9 Å². The van der Waals surface area contributed by atoms with Gasteiger partial charge in [0, 0.05) is 23.8 Å². The van der Waals surface area contributed by atoms with Crippen LogP contribution >= 0.6 is 0 Å². The molecule has 1 aromatic heterocycles. The summed E-state index contributed by atoms with van der Waals surface area (Å²) in [7, 11) is 1.93. The monoisotopic (exact) mass is 293 g/mol. The van der Waals surface area contributed by atoms with E-state index in [1.54, 1.807) is 6.26 Å². The van der Waals surface area contributed by atoms with Crippen LogP contribution in [0.5, 0.6) is 0 Å². The minimum Gasteiger partial charge on any atom is -0.598 e. The fourth-order valence-electron chi connectivity index (χ4n) is 2.19. The first-order chi connectivity index (χ1) is 9.29. The molecule has 0 saturated heterocycles. The van der Waals surface area contributed by atoms with Gasteiger partial charge in [0.15, 0.2) is 0 Å². The molecule has 2 aromatic rings. The summed E-state index contributed by atoms with van der Waals surface area (Å²) in [6.45, 7) is 8.11. The van der Waals surface area contributed by atoms with E-state index in [4.69, 9.17) is 4.42 Å². The summed E-state index contributed by atoms with van der Waals surface area (Å²) in [5.74, 6) is 0. The third-order valence-electron chi connectivity index (χ3n) is 3.46. The number of rotatable bonds is 4. The molecule has 1 heterocycles. The zero-order chi connectivity index (χ0) is 14.9. The van der Waals surface area contributed by atoms with Gasteiger partial charge < -0.3 is 8.97 Å². The number of furan rings is 1. The van der Waals surface area contributed by atoms with E-state index in [9.17, 15) is 4.55 Å². The average molecular weight is 293 g/mol. The molecule has 4 heteroatoms. The quantitative estimate of drug-likeness (QED) is 0.806. The van der Waals surface area contributed by atoms with Crippen molar-refractivity contribution < 1.29 is 8.97 Å². The van der Waals surface area contributed by atoms with Crippen LogP contribution in [0.25, 0.3) is 11.0 Å². The Labute approximate surface area is 124 Å². The van der Waals surface area contributed by atoms with Gasteiger partial charge in [-0.1, -0.05) is 12.1 Å². The summed E-state index contributed by atoms with van der Waals surface area (Å²) in [5, 5.41) is 1.12. The first-order valence-electron chi connectivity index (χ1n) is 6.90. The van der Waals surface area contributed by atoms with Gasteiger partial charge in [0.25, 0.3) is 0 Å². The van der Waals surface area contributed by atoms with Crippen molar-refractivity contribution in [3.05, 3.63) is 36.1 Å². The Morgan fingerprint density at radius 2 is 2.00 bits per heavy atom. The smallest absolute Gasteiger partial charge is 0.137 e. The minimum absolute atomic E-state index is 0.211. The molecule has 110 valence electrons. The number of nitrogens with zero attached hydrogens (tertiary/aromatic N) is 1. The average Bonchev–Trinajstić information content (AvgIpc) is 2.83. The van der Waals surface area contributed by atoms with Crippen molar-refractivity contribution in [1.82, 2.24) is 4.31 Å². The molecule has 0 fully saturated rings. The number of hydrogen-bond acceptors (Lipinski definition) is 3. The topological polar surface area (TPSA) is 39.4 Å². The van der Waals surface area contributed by atoms with Gasteiger partial charge in [-0.05, 0) is 51.8 Å². The van der Waals surface area contributed by atoms with Crippen molar-refractivity contribution >= 4 is 22.3 Å². The largest absolute Gasteiger partial charge is 0.598 e. The minimum atomic E-state index is -0.995. The Morgan fingerprint density at radius 3 is 2.65 bits per heavy atom. The van der Waals surface area contributed by atoms with Crippen LogP contribution in [0.3, 0.4) is 0 Å². The van der Waals surface area contributed by atoms with Gasteiger partial charge in [-0.15, -0.1) is 4.31 Å². The molecule has 0 N–H and O–H groups in total. The van der Waals surface area contributed by atoms with Crippen LogP contribution in [0.15, 0.2) is 34.9 Å². The van der Waals surface area contributed by atoms with Gasteiger partial charge in [-0.2, -0.15) is 0 Å². The lowest BCUT2D eigenvalue weighted by Gasteiger charge is -2.33. The number of fused-ring (bicyclic) bond motifs is 1. The lowest BCUT2D eigenvalue weighted by atomic mass is 10.1. The Morgan fingerprint density at radius 1 is 1.30 bits per heavy atom. The highest BCUT2D eigenvalue weighted by atomic mass is 32.2. The zero-order valence-corrected chi connectivity index (χ0v) is 13.7. The van der Waals surface area contributed by atoms with E-state index < -0.39 is 11.4 Å². The van der Waals surface area contributed by atoms with E-state index in [0.29, 0.717) is 0 Å². The molecule has 0 aliphatic heterocycles. The normalized spacial score (nSPS) is 15.8. The second kappa shape index (κ2) is 5.80. The van der Waals surface area contributed by atoms with Gasteiger partial charge in [0.2, 0.25) is 0 Å². The molecule has 0 amide bonds. The zero-order valence-electron chi connectivity index (χ0n) is 12.8. The number of benzene rings is 1. The Hall–Kier alpha value is -0.970. The molecular weight excluding hydrogens is 270 g/mol. The van der Waals surface area contributed by atoms with Crippen LogP contribution in [0.2, 0.25) is 0 Å². The van der Waals surface area contributed by atoms with Crippen LogP contribution in [-0.2, 0) is 17.8 Å². The lowest BCUT2D eigenvalue weighted by molar-refractivity contribution is 0.372. The first-order valence-corrected chi connectivity index (χ1v) is 8.00. The summed E-state index contributed by atoms with van der Waals surface area (Å²) in [6, 6.07) is 8.43. The van der Waals surface area contributed by atoms with Gasteiger partial charge in [0.1, 0.15) is 10.3 Å². The molecule has 0 aliphatic rings. The summed E-state index contributed by atoms with van der Waals surface area (Å²) in [4.78, 5) is 0. The van der Waals surface area contributed by atoms with Crippen molar-refractivity contribution in [2.24, 2.45) is 0 Å². The van der Waals surface area contributed by atoms with Gasteiger partial charge in [-0.3, -0.25) is 0 Å². The van der Waals surface area contributed by atoms with Crippen molar-refractivity contribution in [2.75, 3.05) is 7.05 Å². The fraction of sp³-hybridized carbons (Fsp3) is 0.500. The standard InChI is InChI=1S/C16H23NO2S/c1-12(17(5)20(18)16(2,3)4)10-13-6-7-14-8-9-19-15(14)11-13/h6-9,11-12H,10H2,1-5H3. The molecule has 1 aromatic carbocycles. The summed E-state index contributed by atoms with van der Waals surface area (Å²) >= 11 is -0.995. The third kappa shape index (κ3) is 3.37. The van der Waals surface area contributed by atoms with Crippen LogP contribution < -0.4 is 0 Å². The van der Waals surface area contributed by atoms with Gasteiger partial charge >= 0.3 is 0 Å². The Balaban J connectivity index is 2.08. The van der Waals surface area contributed by atoms with Crippen LogP contribution in [0.1, 0.15) is 33.3 Å². The SMILES string of the molecule is CC(Cc1ccc2ccoc2c1)N(C)[S+]([O-])C(C)(C)C. The van der Waals surface area contributed by atoms with Crippen LogP contribution in [0, 0.1) is 0 Å². The van der Waals surface area contributed by atoms with Crippen molar-refractivity contribution in [3.63, 3.8) is 0 Å². The first kappa shape index (κ1) is 15.4. The van der Waals surface area contributed by atoms with Crippen molar-refractivity contribution in [3.8, 4) is 0 Å². The molecule has 0 spiro atoms. The van der Waals surface area contributed by atoms with Crippen LogP contribution in [0.4, 0.5) is 0 Å². The highest BCUT2D eigenvalue weighted by Gasteiger charge is 2.33. The molecule has 0 bridgehead atoms. The summed E-state index contributed by atoms with van der Waals surface area (Å²) in [6.07, 6.45) is 2.56. The second-order valence-corrected chi connectivity index (χ2v) is 8.55. The van der Waals surface area contributed by atoms with E-state index in [0.717, 1.165) is 17.4 Å². The summed E-state index contributed by atoms with van der Waals surface area (Å²) in [5.41, 5.74) is 2.12. The summed E-state index contributed by atoms with van der Waals surface area (Å²) < 4.78 is 19.5. The molecular formula is C16H23NO2S. The van der Waals surface area contributed by atoms with Crippen LogP contribution in [-0.4, -0.2) is 26.7 Å². The van der Waals surface area contributed by atoms with Gasteiger partial charge in [0.05, 0.1) is 12.3 Å². The van der Waals surface area contributed by atoms with E-state index in [2.05, 4.69) is 25.1 Å². The van der Waals surface area contributed by atoms with Gasteiger partial charge in [-0.25, -0.2) is 0 Å². The number of hydrogen-bond donors (Lipinski definition) is 0. The fourth-order valence-corrected chi connectivity index (χ4v) is 3.46. The van der Waals surface area contributed by atoms with E-state index >= 15 is 0 Å². The molecule has 0 aliphatic carbocycles. The maximum absolute atomic E-state index is 12.4. The second-order valence-electron chi connectivity index (χ2n) is 6.25. The highest BCUT2D eigenvalue weighted by molar-refractivity contribution is 7.90. The maximum atomic E-state index is 12.4. The third-order valence-corrected chi connectivity index (χ3v) is 5.39. The Kier molecular flexibility index (Phi) is 4.47. The van der Waals surface area contributed by atoms with Crippen molar-refractivity contribution in [1.29, 1.82) is 0 Å². The molecule has 2 atom stereocenters. The maximum Gasteiger partial charge on any atom is 0.137 e. The van der Waals surface area contributed by atoms with E-state index in [1.807, 2.05) is 38.2 Å². The number of likely N-dealkylation sites (N-methyl/N-ethyl adjacent to an activating group) is 1. The lowest BCUT2D eigenvalue weighted by Crippen LogP contribution is -2.45. The molecule has 2 rings (SSSR count). The molecule has 3 nitrogen and oxygen atoms in total. The predicted octanol–water partition coefficient (Wildman–Crippen LogP) is 3.76. The molecule has 0 saturated carbocycles. The van der Waals surface area contributed by atoms with E-state index in [1.165, 1.54) is 5.56 Å².